The third-order valence-corrected chi connectivity index (χ3v) is 4.68. The van der Waals surface area contributed by atoms with E-state index in [-0.39, 0.29) is 12.5 Å². The molecule has 0 bridgehead atoms. The number of thiazole rings is 1. The second kappa shape index (κ2) is 7.33. The van der Waals surface area contributed by atoms with E-state index in [4.69, 9.17) is 5.11 Å². The van der Waals surface area contributed by atoms with Gasteiger partial charge in [0.05, 0.1) is 11.4 Å². The molecule has 2 heterocycles. The summed E-state index contributed by atoms with van der Waals surface area (Å²) in [5.41, 5.74) is 3.20. The monoisotopic (exact) mass is 339 g/mol. The molecule has 0 radical (unpaired) electrons. The Morgan fingerprint density at radius 2 is 2.00 bits per heavy atom. The lowest BCUT2D eigenvalue weighted by atomic mass is 10.1. The van der Waals surface area contributed by atoms with Crippen LogP contribution in [-0.2, 0) is 6.42 Å². The molecular formula is C18H17N3O2S. The number of nitrogens with one attached hydrogen (secondary N) is 1. The molecule has 3 aromatic rings. The molecule has 2 N–H and O–H groups in total. The number of carbonyl (C=O) groups excluding carboxylic acids is 1. The van der Waals surface area contributed by atoms with E-state index in [9.17, 15) is 4.79 Å². The highest BCUT2D eigenvalue weighted by atomic mass is 32.1. The van der Waals surface area contributed by atoms with Crippen LogP contribution < -0.4 is 5.32 Å². The van der Waals surface area contributed by atoms with E-state index < -0.39 is 0 Å². The van der Waals surface area contributed by atoms with Crippen LogP contribution >= 0.6 is 11.3 Å². The minimum atomic E-state index is -0.179. The quantitative estimate of drug-likeness (QED) is 0.748. The molecule has 0 fully saturated rings. The van der Waals surface area contributed by atoms with Crippen molar-refractivity contribution < 1.29 is 9.90 Å². The van der Waals surface area contributed by atoms with E-state index in [1.165, 1.54) is 11.3 Å². The van der Waals surface area contributed by atoms with Crippen LogP contribution in [-0.4, -0.2) is 27.6 Å². The first kappa shape index (κ1) is 16.3. The second-order valence-corrected chi connectivity index (χ2v) is 6.27. The third kappa shape index (κ3) is 3.67. The summed E-state index contributed by atoms with van der Waals surface area (Å²) in [4.78, 5) is 21.8. The van der Waals surface area contributed by atoms with E-state index in [0.717, 1.165) is 16.3 Å². The molecule has 0 atom stereocenters. The molecular weight excluding hydrogens is 322 g/mol. The molecule has 0 unspecified atom stereocenters. The summed E-state index contributed by atoms with van der Waals surface area (Å²) in [6.45, 7) is 1.93. The smallest absolute Gasteiger partial charge is 0.267 e. The lowest BCUT2D eigenvalue weighted by molar-refractivity contribution is 0.103. The number of aliphatic hydroxyl groups is 1. The first-order valence-electron chi connectivity index (χ1n) is 7.57. The van der Waals surface area contributed by atoms with Crippen LogP contribution in [0.5, 0.6) is 0 Å². The molecule has 1 amide bonds. The lowest BCUT2D eigenvalue weighted by Crippen LogP contribution is -2.11. The fraction of sp³-hybridized carbons (Fsp3) is 0.167. The Hall–Kier alpha value is -2.57. The van der Waals surface area contributed by atoms with Gasteiger partial charge in [0.15, 0.2) is 0 Å². The van der Waals surface area contributed by atoms with Crippen molar-refractivity contribution >= 4 is 22.9 Å². The summed E-state index contributed by atoms with van der Waals surface area (Å²) in [5, 5.41) is 12.5. The lowest BCUT2D eigenvalue weighted by Gasteiger charge is -2.05. The van der Waals surface area contributed by atoms with Crippen molar-refractivity contribution in [3.8, 4) is 10.7 Å². The maximum absolute atomic E-state index is 12.5. The maximum Gasteiger partial charge on any atom is 0.267 e. The Bertz CT molecular complexity index is 829. The van der Waals surface area contributed by atoms with E-state index in [1.54, 1.807) is 6.20 Å². The summed E-state index contributed by atoms with van der Waals surface area (Å²) in [6, 6.07) is 13.1. The minimum Gasteiger partial charge on any atom is -0.396 e. The second-order valence-electron chi connectivity index (χ2n) is 5.27. The zero-order valence-electron chi connectivity index (χ0n) is 13.2. The molecule has 2 aromatic heterocycles. The van der Waals surface area contributed by atoms with Crippen LogP contribution in [0.4, 0.5) is 5.69 Å². The standard InChI is InChI=1S/C18H17N3O2S/c1-12-16(24-18(20-12)15-4-2-3-10-19-15)17(23)21-14-7-5-13(6-8-14)9-11-22/h2-8,10,22H,9,11H2,1H3,(H,21,23). The van der Waals surface area contributed by atoms with Crippen LogP contribution in [0.1, 0.15) is 20.9 Å². The van der Waals surface area contributed by atoms with Crippen molar-refractivity contribution in [3.63, 3.8) is 0 Å². The summed E-state index contributed by atoms with van der Waals surface area (Å²) in [5.74, 6) is -0.179. The fourth-order valence-electron chi connectivity index (χ4n) is 2.28. The van der Waals surface area contributed by atoms with Gasteiger partial charge >= 0.3 is 0 Å². The van der Waals surface area contributed by atoms with Gasteiger partial charge in [-0.25, -0.2) is 4.98 Å². The third-order valence-electron chi connectivity index (χ3n) is 3.50. The van der Waals surface area contributed by atoms with Gasteiger partial charge in [0.25, 0.3) is 5.91 Å². The van der Waals surface area contributed by atoms with Crippen molar-refractivity contribution in [1.29, 1.82) is 0 Å². The largest absolute Gasteiger partial charge is 0.396 e. The molecule has 0 saturated carbocycles. The van der Waals surface area contributed by atoms with Crippen LogP contribution in [0.2, 0.25) is 0 Å². The Labute approximate surface area is 144 Å². The Kier molecular flexibility index (Phi) is 4.98. The van der Waals surface area contributed by atoms with Crippen molar-refractivity contribution in [1.82, 2.24) is 9.97 Å². The minimum absolute atomic E-state index is 0.113. The van der Waals surface area contributed by atoms with E-state index in [1.807, 2.05) is 49.4 Å². The van der Waals surface area contributed by atoms with Gasteiger partial charge in [-0.3, -0.25) is 9.78 Å². The highest BCUT2D eigenvalue weighted by Crippen LogP contribution is 2.27. The number of rotatable bonds is 5. The predicted octanol–water partition coefficient (Wildman–Crippen LogP) is 3.30. The molecule has 5 nitrogen and oxygen atoms in total. The van der Waals surface area contributed by atoms with E-state index >= 15 is 0 Å². The van der Waals surface area contributed by atoms with E-state index in [2.05, 4.69) is 15.3 Å². The van der Waals surface area contributed by atoms with Crippen LogP contribution in [0.15, 0.2) is 48.7 Å². The number of aryl methyl sites for hydroxylation is 1. The van der Waals surface area contributed by atoms with Gasteiger partial charge in [-0.2, -0.15) is 0 Å². The van der Waals surface area contributed by atoms with Crippen LogP contribution in [0.25, 0.3) is 10.7 Å². The number of pyridine rings is 1. The summed E-state index contributed by atoms with van der Waals surface area (Å²) in [7, 11) is 0. The number of nitrogens with zero attached hydrogens (tertiary/aromatic N) is 2. The van der Waals surface area contributed by atoms with E-state index in [0.29, 0.717) is 22.7 Å². The van der Waals surface area contributed by atoms with Crippen LogP contribution in [0, 0.1) is 6.92 Å². The van der Waals surface area contributed by atoms with Crippen molar-refractivity contribution in [3.05, 3.63) is 64.8 Å². The highest BCUT2D eigenvalue weighted by molar-refractivity contribution is 7.17. The number of anilines is 1. The number of aromatic nitrogens is 2. The van der Waals surface area contributed by atoms with Crippen molar-refractivity contribution in [2.75, 3.05) is 11.9 Å². The number of aliphatic hydroxyl groups excluding tert-OH is 1. The molecule has 24 heavy (non-hydrogen) atoms. The normalized spacial score (nSPS) is 10.6. The highest BCUT2D eigenvalue weighted by Gasteiger charge is 2.16. The first-order chi connectivity index (χ1) is 11.7. The number of hydrogen-bond donors (Lipinski definition) is 2. The maximum atomic E-state index is 12.5. The molecule has 122 valence electrons. The van der Waals surface area contributed by atoms with Gasteiger partial charge in [0, 0.05) is 18.5 Å². The summed E-state index contributed by atoms with van der Waals surface area (Å²) >= 11 is 1.33. The van der Waals surface area contributed by atoms with Gasteiger partial charge in [-0.15, -0.1) is 11.3 Å². The topological polar surface area (TPSA) is 75.1 Å². The number of carbonyl (C=O) groups is 1. The Morgan fingerprint density at radius 3 is 2.67 bits per heavy atom. The zero-order valence-corrected chi connectivity index (χ0v) is 14.0. The average Bonchev–Trinajstić information content (AvgIpc) is 3.00. The van der Waals surface area contributed by atoms with Crippen molar-refractivity contribution in [2.24, 2.45) is 0 Å². The molecule has 0 saturated heterocycles. The molecule has 0 aliphatic heterocycles. The predicted molar refractivity (Wildman–Crippen MR) is 95.3 cm³/mol. The SMILES string of the molecule is Cc1nc(-c2ccccn2)sc1C(=O)Nc1ccc(CCO)cc1. The summed E-state index contributed by atoms with van der Waals surface area (Å²) < 4.78 is 0. The van der Waals surface area contributed by atoms with Gasteiger partial charge in [-0.05, 0) is 43.2 Å². The zero-order chi connectivity index (χ0) is 16.9. The van der Waals surface area contributed by atoms with Gasteiger partial charge in [-0.1, -0.05) is 18.2 Å². The molecule has 1 aromatic carbocycles. The first-order valence-corrected chi connectivity index (χ1v) is 8.39. The molecule has 0 aliphatic rings. The average molecular weight is 339 g/mol. The van der Waals surface area contributed by atoms with Gasteiger partial charge < -0.3 is 10.4 Å². The number of amides is 1. The van der Waals surface area contributed by atoms with Crippen molar-refractivity contribution in [2.45, 2.75) is 13.3 Å². The molecule has 6 heteroatoms. The fourth-order valence-corrected chi connectivity index (χ4v) is 3.22. The summed E-state index contributed by atoms with van der Waals surface area (Å²) in [6.07, 6.45) is 2.31. The number of benzene rings is 1. The molecule has 0 aliphatic carbocycles. The Balaban J connectivity index is 1.76. The Morgan fingerprint density at radius 1 is 1.21 bits per heavy atom. The van der Waals surface area contributed by atoms with Crippen LogP contribution in [0.3, 0.4) is 0 Å². The number of hydrogen-bond acceptors (Lipinski definition) is 5. The van der Waals surface area contributed by atoms with Gasteiger partial charge in [0.2, 0.25) is 0 Å². The molecule has 0 spiro atoms. The molecule has 3 rings (SSSR count). The van der Waals surface area contributed by atoms with Gasteiger partial charge in [0.1, 0.15) is 9.88 Å².